The molecule has 0 amide bonds. The van der Waals surface area contributed by atoms with Gasteiger partial charge in [-0.25, -0.2) is 0 Å². The van der Waals surface area contributed by atoms with Crippen LogP contribution in [0.15, 0.2) is 48.7 Å². The first-order valence-corrected chi connectivity index (χ1v) is 11.2. The quantitative estimate of drug-likeness (QED) is 0.561. The van der Waals surface area contributed by atoms with Crippen molar-refractivity contribution >= 4 is 17.3 Å². The number of hydrogen-bond acceptors (Lipinski definition) is 3. The Morgan fingerprint density at radius 2 is 1.90 bits per heavy atom. The normalized spacial score (nSPS) is 18.5. The van der Waals surface area contributed by atoms with Gasteiger partial charge in [-0.3, -0.25) is 4.98 Å². The number of hydrogen-bond donors (Lipinski definition) is 2. The Labute approximate surface area is 189 Å². The molecule has 4 rings (SSSR count). The molecule has 1 aromatic carbocycles. The van der Waals surface area contributed by atoms with E-state index in [9.17, 15) is 5.11 Å². The number of aliphatic hydroxyl groups excluding tert-OH is 1. The van der Waals surface area contributed by atoms with Crippen LogP contribution in [0.25, 0.3) is 5.69 Å². The molecule has 3 heterocycles. The van der Waals surface area contributed by atoms with E-state index in [0.29, 0.717) is 18.1 Å². The van der Waals surface area contributed by atoms with E-state index < -0.39 is 0 Å². The maximum atomic E-state index is 9.45. The first-order valence-electron chi connectivity index (χ1n) is 10.8. The van der Waals surface area contributed by atoms with E-state index in [1.54, 1.807) is 0 Å². The highest BCUT2D eigenvalue weighted by atomic mass is 32.1. The van der Waals surface area contributed by atoms with Crippen molar-refractivity contribution in [3.05, 3.63) is 82.4 Å². The SMILES string of the molecule is Cc1ccc(C)c(-n2c(C)cc([C@H]3[C@@H](c4ccccn4)NC(=S)N3CCCO)c2C)c1. The van der Waals surface area contributed by atoms with E-state index in [0.717, 1.165) is 5.69 Å². The van der Waals surface area contributed by atoms with E-state index in [-0.39, 0.29) is 18.7 Å². The van der Waals surface area contributed by atoms with Crippen molar-refractivity contribution in [3.8, 4) is 5.69 Å². The van der Waals surface area contributed by atoms with Crippen LogP contribution in [0.2, 0.25) is 0 Å². The summed E-state index contributed by atoms with van der Waals surface area (Å²) in [4.78, 5) is 6.83. The van der Waals surface area contributed by atoms with Crippen LogP contribution in [-0.4, -0.2) is 37.8 Å². The number of rotatable bonds is 6. The summed E-state index contributed by atoms with van der Waals surface area (Å²) in [6.07, 6.45) is 2.50. The van der Waals surface area contributed by atoms with Crippen LogP contribution in [0, 0.1) is 27.7 Å². The summed E-state index contributed by atoms with van der Waals surface area (Å²) in [7, 11) is 0. The molecule has 0 spiro atoms. The van der Waals surface area contributed by atoms with E-state index in [2.05, 4.69) is 71.7 Å². The largest absolute Gasteiger partial charge is 0.396 e. The standard InChI is InChI=1S/C25H30N4OS/c1-16-9-10-17(2)22(14-16)29-18(3)15-20(19(29)4)24-23(21-8-5-6-11-26-21)27-25(31)28(24)12-7-13-30/h5-6,8-11,14-15,23-24,30H,7,12-13H2,1-4H3,(H,27,31)/t23-,24+/m1/s1. The van der Waals surface area contributed by atoms with Crippen molar-refractivity contribution in [2.75, 3.05) is 13.2 Å². The Balaban J connectivity index is 1.84. The second kappa shape index (κ2) is 8.81. The zero-order valence-electron chi connectivity index (χ0n) is 18.6. The highest BCUT2D eigenvalue weighted by Gasteiger charge is 2.41. The summed E-state index contributed by atoms with van der Waals surface area (Å²) in [6.45, 7) is 9.47. The highest BCUT2D eigenvalue weighted by Crippen LogP contribution is 2.41. The molecule has 162 valence electrons. The van der Waals surface area contributed by atoms with Crippen LogP contribution < -0.4 is 5.32 Å². The second-order valence-corrected chi connectivity index (χ2v) is 8.74. The predicted octanol–water partition coefficient (Wildman–Crippen LogP) is 4.46. The van der Waals surface area contributed by atoms with Crippen molar-refractivity contribution in [2.24, 2.45) is 0 Å². The smallest absolute Gasteiger partial charge is 0.170 e. The second-order valence-electron chi connectivity index (χ2n) is 8.35. The Kier molecular flexibility index (Phi) is 6.12. The van der Waals surface area contributed by atoms with E-state index in [1.807, 2.05) is 24.4 Å². The molecule has 3 aromatic rings. The summed E-state index contributed by atoms with van der Waals surface area (Å²) in [5.41, 5.74) is 8.31. The predicted molar refractivity (Wildman–Crippen MR) is 129 cm³/mol. The van der Waals surface area contributed by atoms with Gasteiger partial charge in [-0.05, 0) is 87.3 Å². The van der Waals surface area contributed by atoms with Gasteiger partial charge < -0.3 is 19.9 Å². The number of nitrogens with one attached hydrogen (secondary N) is 1. The molecule has 2 aromatic heterocycles. The van der Waals surface area contributed by atoms with Crippen molar-refractivity contribution in [1.29, 1.82) is 0 Å². The fourth-order valence-corrected chi connectivity index (χ4v) is 4.98. The summed E-state index contributed by atoms with van der Waals surface area (Å²) >= 11 is 5.72. The monoisotopic (exact) mass is 434 g/mol. The zero-order valence-corrected chi connectivity index (χ0v) is 19.4. The average Bonchev–Trinajstić information content (AvgIpc) is 3.24. The summed E-state index contributed by atoms with van der Waals surface area (Å²) in [5.74, 6) is 0. The Morgan fingerprint density at radius 3 is 2.61 bits per heavy atom. The van der Waals surface area contributed by atoms with Gasteiger partial charge in [0.1, 0.15) is 0 Å². The number of pyridine rings is 1. The molecule has 0 unspecified atom stereocenters. The van der Waals surface area contributed by atoms with Crippen LogP contribution in [0.4, 0.5) is 0 Å². The zero-order chi connectivity index (χ0) is 22.1. The number of benzene rings is 1. The van der Waals surface area contributed by atoms with Crippen molar-refractivity contribution < 1.29 is 5.11 Å². The summed E-state index contributed by atoms with van der Waals surface area (Å²) < 4.78 is 2.35. The summed E-state index contributed by atoms with van der Waals surface area (Å²) in [6, 6.07) is 14.8. The van der Waals surface area contributed by atoms with E-state index >= 15 is 0 Å². The van der Waals surface area contributed by atoms with Crippen LogP contribution in [0.3, 0.4) is 0 Å². The van der Waals surface area contributed by atoms with Gasteiger partial charge >= 0.3 is 0 Å². The van der Waals surface area contributed by atoms with Gasteiger partial charge in [0.25, 0.3) is 0 Å². The van der Waals surface area contributed by atoms with Crippen molar-refractivity contribution in [1.82, 2.24) is 19.8 Å². The molecule has 1 saturated heterocycles. The lowest BCUT2D eigenvalue weighted by molar-refractivity contribution is 0.247. The molecular weight excluding hydrogens is 404 g/mol. The lowest BCUT2D eigenvalue weighted by atomic mass is 9.96. The van der Waals surface area contributed by atoms with Gasteiger partial charge in [0.05, 0.1) is 17.8 Å². The first-order chi connectivity index (χ1) is 14.9. The molecule has 1 fully saturated rings. The number of aryl methyl sites for hydroxylation is 3. The molecule has 0 saturated carbocycles. The lowest BCUT2D eigenvalue weighted by Crippen LogP contribution is -2.31. The molecule has 0 radical (unpaired) electrons. The topological polar surface area (TPSA) is 53.3 Å². The van der Waals surface area contributed by atoms with Crippen LogP contribution in [0.5, 0.6) is 0 Å². The van der Waals surface area contributed by atoms with Gasteiger partial charge in [0, 0.05) is 36.4 Å². The maximum absolute atomic E-state index is 9.45. The Bertz CT molecular complexity index is 1090. The van der Waals surface area contributed by atoms with Crippen LogP contribution in [-0.2, 0) is 0 Å². The van der Waals surface area contributed by atoms with Crippen LogP contribution in [0.1, 0.15) is 52.3 Å². The molecular formula is C25H30N4OS. The fraction of sp³-hybridized carbons (Fsp3) is 0.360. The van der Waals surface area contributed by atoms with Gasteiger partial charge in [-0.2, -0.15) is 0 Å². The van der Waals surface area contributed by atoms with E-state index in [4.69, 9.17) is 12.2 Å². The van der Waals surface area contributed by atoms with Gasteiger partial charge in [0.15, 0.2) is 5.11 Å². The Morgan fingerprint density at radius 1 is 1.10 bits per heavy atom. The molecule has 31 heavy (non-hydrogen) atoms. The highest BCUT2D eigenvalue weighted by molar-refractivity contribution is 7.80. The number of aliphatic hydroxyl groups is 1. The maximum Gasteiger partial charge on any atom is 0.170 e. The molecule has 1 aliphatic heterocycles. The molecule has 2 N–H and O–H groups in total. The molecule has 2 atom stereocenters. The molecule has 0 aliphatic carbocycles. The third kappa shape index (κ3) is 3.98. The number of nitrogens with zero attached hydrogens (tertiary/aromatic N) is 3. The minimum Gasteiger partial charge on any atom is -0.396 e. The third-order valence-electron chi connectivity index (χ3n) is 6.15. The molecule has 5 nitrogen and oxygen atoms in total. The molecule has 6 heteroatoms. The van der Waals surface area contributed by atoms with Gasteiger partial charge in [-0.1, -0.05) is 18.2 Å². The fourth-order valence-electron chi connectivity index (χ4n) is 4.64. The van der Waals surface area contributed by atoms with Crippen molar-refractivity contribution in [3.63, 3.8) is 0 Å². The van der Waals surface area contributed by atoms with Gasteiger partial charge in [0.2, 0.25) is 0 Å². The molecule has 0 bridgehead atoms. The lowest BCUT2D eigenvalue weighted by Gasteiger charge is -2.28. The third-order valence-corrected chi connectivity index (χ3v) is 6.50. The minimum absolute atomic E-state index is 0.0130. The van der Waals surface area contributed by atoms with Crippen LogP contribution >= 0.6 is 12.2 Å². The average molecular weight is 435 g/mol. The Hall–Kier alpha value is -2.70. The molecule has 1 aliphatic rings. The van der Waals surface area contributed by atoms with E-state index in [1.165, 1.54) is 33.8 Å². The van der Waals surface area contributed by atoms with Crippen molar-refractivity contribution in [2.45, 2.75) is 46.2 Å². The first kappa shape index (κ1) is 21.5. The minimum atomic E-state index is -0.0417. The van der Waals surface area contributed by atoms with Gasteiger partial charge in [-0.15, -0.1) is 0 Å². The summed E-state index contributed by atoms with van der Waals surface area (Å²) in [5, 5.41) is 13.7. The number of thiocarbonyl (C=S) groups is 1. The number of aromatic nitrogens is 2.